The van der Waals surface area contributed by atoms with Gasteiger partial charge in [-0.15, -0.1) is 0 Å². The van der Waals surface area contributed by atoms with Crippen molar-refractivity contribution in [3.63, 3.8) is 0 Å². The summed E-state index contributed by atoms with van der Waals surface area (Å²) in [5, 5.41) is 11.6. The van der Waals surface area contributed by atoms with Gasteiger partial charge in [-0.3, -0.25) is 4.79 Å². The fraction of sp³-hybridized carbons (Fsp3) is 0. The van der Waals surface area contributed by atoms with Gasteiger partial charge in [-0.05, 0) is 30.3 Å². The van der Waals surface area contributed by atoms with Gasteiger partial charge in [0, 0.05) is 5.69 Å². The second-order valence-electron chi connectivity index (χ2n) is 4.12. The number of halogens is 3. The lowest BCUT2D eigenvalue weighted by Crippen LogP contribution is -2.14. The van der Waals surface area contributed by atoms with Crippen molar-refractivity contribution in [2.75, 3.05) is 11.1 Å². The number of benzene rings is 2. The summed E-state index contributed by atoms with van der Waals surface area (Å²) in [6, 6.07) is 8.00. The predicted molar refractivity (Wildman–Crippen MR) is 79.9 cm³/mol. The molecule has 0 unspecified atom stereocenters. The minimum Gasteiger partial charge on any atom is -0.399 e. The number of hydrogen-bond donors (Lipinski definition) is 2. The van der Waals surface area contributed by atoms with E-state index in [0.29, 0.717) is 0 Å². The third kappa shape index (κ3) is 3.24. The van der Waals surface area contributed by atoms with Crippen LogP contribution in [0.5, 0.6) is 0 Å². The molecule has 0 saturated carbocycles. The van der Waals surface area contributed by atoms with E-state index in [-0.39, 0.29) is 32.5 Å². The maximum absolute atomic E-state index is 13.0. The van der Waals surface area contributed by atoms with E-state index in [9.17, 15) is 9.18 Å². The highest BCUT2D eigenvalue weighted by atomic mass is 35.5. The molecule has 0 aliphatic carbocycles. The van der Waals surface area contributed by atoms with Crippen LogP contribution in [0, 0.1) is 17.1 Å². The Hall–Kier alpha value is -2.29. The summed E-state index contributed by atoms with van der Waals surface area (Å²) in [4.78, 5) is 12.2. The van der Waals surface area contributed by atoms with E-state index in [1.807, 2.05) is 0 Å². The molecule has 0 aromatic heterocycles. The van der Waals surface area contributed by atoms with E-state index < -0.39 is 11.7 Å². The van der Waals surface area contributed by atoms with Gasteiger partial charge in [0.1, 0.15) is 11.9 Å². The van der Waals surface area contributed by atoms with Gasteiger partial charge >= 0.3 is 0 Å². The molecule has 2 aromatic rings. The molecular formula is C14H8Cl2FN3O. The monoisotopic (exact) mass is 323 g/mol. The second kappa shape index (κ2) is 6.00. The maximum atomic E-state index is 13.0. The fourth-order valence-electron chi connectivity index (χ4n) is 1.68. The first-order valence-corrected chi connectivity index (χ1v) is 6.43. The topological polar surface area (TPSA) is 78.9 Å². The van der Waals surface area contributed by atoms with E-state index in [4.69, 9.17) is 34.2 Å². The average molecular weight is 324 g/mol. The first-order valence-electron chi connectivity index (χ1n) is 5.68. The van der Waals surface area contributed by atoms with E-state index in [0.717, 1.165) is 12.1 Å². The third-order valence-corrected chi connectivity index (χ3v) is 3.45. The van der Waals surface area contributed by atoms with Crippen molar-refractivity contribution in [2.45, 2.75) is 0 Å². The van der Waals surface area contributed by atoms with Crippen LogP contribution >= 0.6 is 23.2 Å². The lowest BCUT2D eigenvalue weighted by molar-refractivity contribution is 0.102. The van der Waals surface area contributed by atoms with E-state index in [1.165, 1.54) is 18.2 Å². The van der Waals surface area contributed by atoms with Crippen molar-refractivity contribution in [3.05, 3.63) is 57.3 Å². The molecular weight excluding hydrogens is 316 g/mol. The molecule has 2 rings (SSSR count). The van der Waals surface area contributed by atoms with Gasteiger partial charge in [0.15, 0.2) is 0 Å². The third-order valence-electron chi connectivity index (χ3n) is 2.65. The Morgan fingerprint density at radius 1 is 1.29 bits per heavy atom. The summed E-state index contributed by atoms with van der Waals surface area (Å²) in [7, 11) is 0. The molecule has 106 valence electrons. The number of carbonyl (C=O) groups excluding carboxylic acids is 1. The Kier molecular flexibility index (Phi) is 4.32. The van der Waals surface area contributed by atoms with E-state index >= 15 is 0 Å². The number of nitrogens with two attached hydrogens (primary N) is 1. The summed E-state index contributed by atoms with van der Waals surface area (Å²) in [6.45, 7) is 0. The van der Waals surface area contributed by atoms with Gasteiger partial charge in [0.25, 0.3) is 5.91 Å². The van der Waals surface area contributed by atoms with Crippen LogP contribution in [0.3, 0.4) is 0 Å². The molecule has 4 nitrogen and oxygen atoms in total. The average Bonchev–Trinajstić information content (AvgIpc) is 2.44. The zero-order valence-electron chi connectivity index (χ0n) is 10.5. The van der Waals surface area contributed by atoms with Crippen LogP contribution in [0.4, 0.5) is 15.8 Å². The second-order valence-corrected chi connectivity index (χ2v) is 4.91. The molecule has 2 aromatic carbocycles. The Bertz CT molecular complexity index is 772. The summed E-state index contributed by atoms with van der Waals surface area (Å²) >= 11 is 11.8. The maximum Gasteiger partial charge on any atom is 0.257 e. The molecule has 0 bridgehead atoms. The van der Waals surface area contributed by atoms with Crippen molar-refractivity contribution in [3.8, 4) is 6.07 Å². The van der Waals surface area contributed by atoms with E-state index in [1.54, 1.807) is 6.07 Å². The number of anilines is 2. The van der Waals surface area contributed by atoms with Crippen LogP contribution in [-0.4, -0.2) is 5.91 Å². The smallest absolute Gasteiger partial charge is 0.257 e. The SMILES string of the molecule is N#Cc1cc(F)ccc1NC(=O)c1cc(N)cc(Cl)c1Cl. The van der Waals surface area contributed by atoms with Crippen LogP contribution in [0.15, 0.2) is 30.3 Å². The fourth-order valence-corrected chi connectivity index (χ4v) is 2.11. The molecule has 0 aliphatic heterocycles. The number of nitrogens with one attached hydrogen (secondary N) is 1. The first-order chi connectivity index (χ1) is 9.92. The molecule has 0 radical (unpaired) electrons. The molecule has 3 N–H and O–H groups in total. The Labute approximate surface area is 129 Å². The number of rotatable bonds is 2. The number of nitriles is 1. The molecule has 21 heavy (non-hydrogen) atoms. The number of nitrogen functional groups attached to an aromatic ring is 1. The quantitative estimate of drug-likeness (QED) is 0.824. The minimum absolute atomic E-state index is 0.00512. The summed E-state index contributed by atoms with van der Waals surface area (Å²) in [5.41, 5.74) is 6.11. The van der Waals surface area contributed by atoms with Gasteiger partial charge in [0.05, 0.1) is 26.9 Å². The normalized spacial score (nSPS) is 10.0. The van der Waals surface area contributed by atoms with Crippen LogP contribution in [0.25, 0.3) is 0 Å². The van der Waals surface area contributed by atoms with Crippen LogP contribution in [0.2, 0.25) is 10.0 Å². The lowest BCUT2D eigenvalue weighted by Gasteiger charge is -2.10. The van der Waals surface area contributed by atoms with Crippen molar-refractivity contribution in [2.24, 2.45) is 0 Å². The van der Waals surface area contributed by atoms with Crippen LogP contribution < -0.4 is 11.1 Å². The lowest BCUT2D eigenvalue weighted by atomic mass is 10.1. The molecule has 0 saturated heterocycles. The van der Waals surface area contributed by atoms with Crippen molar-refractivity contribution >= 4 is 40.5 Å². The predicted octanol–water partition coefficient (Wildman–Crippen LogP) is 3.84. The van der Waals surface area contributed by atoms with Gasteiger partial charge in [-0.1, -0.05) is 23.2 Å². The first kappa shape index (κ1) is 15.1. The van der Waals surface area contributed by atoms with Crippen molar-refractivity contribution in [1.82, 2.24) is 0 Å². The van der Waals surface area contributed by atoms with Gasteiger partial charge in [-0.25, -0.2) is 4.39 Å². The molecule has 0 atom stereocenters. The molecule has 1 amide bonds. The molecule has 0 aliphatic rings. The van der Waals surface area contributed by atoms with Gasteiger partial charge in [-0.2, -0.15) is 5.26 Å². The van der Waals surface area contributed by atoms with Crippen molar-refractivity contribution in [1.29, 1.82) is 5.26 Å². The highest BCUT2D eigenvalue weighted by Crippen LogP contribution is 2.29. The Balaban J connectivity index is 2.38. The van der Waals surface area contributed by atoms with Gasteiger partial charge in [0.2, 0.25) is 0 Å². The summed E-state index contributed by atoms with van der Waals surface area (Å²) in [6.07, 6.45) is 0. The molecule has 0 fully saturated rings. The Morgan fingerprint density at radius 3 is 2.67 bits per heavy atom. The number of nitrogens with zero attached hydrogens (tertiary/aromatic N) is 1. The molecule has 7 heteroatoms. The number of carbonyl (C=O) groups is 1. The molecule has 0 spiro atoms. The van der Waals surface area contributed by atoms with Crippen LogP contribution in [-0.2, 0) is 0 Å². The zero-order valence-corrected chi connectivity index (χ0v) is 12.0. The largest absolute Gasteiger partial charge is 0.399 e. The van der Waals surface area contributed by atoms with E-state index in [2.05, 4.69) is 5.32 Å². The minimum atomic E-state index is -0.600. The highest BCUT2D eigenvalue weighted by molar-refractivity contribution is 6.44. The number of amides is 1. The standard InChI is InChI=1S/C14H8Cl2FN3O/c15-11-5-9(19)4-10(13(11)16)14(21)20-12-2-1-8(17)3-7(12)6-18/h1-5H,19H2,(H,20,21). The van der Waals surface area contributed by atoms with Crippen LogP contribution in [0.1, 0.15) is 15.9 Å². The summed E-state index contributed by atoms with van der Waals surface area (Å²) < 4.78 is 13.0. The summed E-state index contributed by atoms with van der Waals surface area (Å²) in [5.74, 6) is -1.17. The zero-order chi connectivity index (χ0) is 15.6. The number of hydrogen-bond acceptors (Lipinski definition) is 3. The highest BCUT2D eigenvalue weighted by Gasteiger charge is 2.16. The van der Waals surface area contributed by atoms with Gasteiger partial charge < -0.3 is 11.1 Å². The molecule has 0 heterocycles. The van der Waals surface area contributed by atoms with Crippen molar-refractivity contribution < 1.29 is 9.18 Å². The Morgan fingerprint density at radius 2 is 2.00 bits per heavy atom.